The highest BCUT2D eigenvalue weighted by molar-refractivity contribution is 5.99. The Kier molecular flexibility index (Phi) is 8.55. The summed E-state index contributed by atoms with van der Waals surface area (Å²) in [6.45, 7) is 4.29. The van der Waals surface area contributed by atoms with E-state index in [0.29, 0.717) is 24.5 Å². The Hall–Kier alpha value is -4.05. The highest BCUT2D eigenvalue weighted by Crippen LogP contribution is 2.41. The van der Waals surface area contributed by atoms with Gasteiger partial charge in [-0.2, -0.15) is 4.39 Å². The second-order valence-electron chi connectivity index (χ2n) is 8.42. The number of nitro benzene ring substituents is 1. The summed E-state index contributed by atoms with van der Waals surface area (Å²) in [6.07, 6.45) is 0. The molecule has 0 radical (unpaired) electrons. The molecule has 0 bridgehead atoms. The monoisotopic (exact) mass is 497 g/mol. The van der Waals surface area contributed by atoms with Gasteiger partial charge >= 0.3 is 17.6 Å². The number of carbonyl (C=O) groups is 2. The van der Waals surface area contributed by atoms with Crippen LogP contribution in [0.25, 0.3) is 0 Å². The summed E-state index contributed by atoms with van der Waals surface area (Å²) in [7, 11) is 3.05. The number of allylic oxidation sites excluding steroid dienone is 2. The van der Waals surface area contributed by atoms with Crippen molar-refractivity contribution in [1.82, 2.24) is 10.2 Å². The van der Waals surface area contributed by atoms with Crippen LogP contribution in [-0.4, -0.2) is 49.1 Å². The zero-order chi connectivity index (χ0) is 26.4. The number of dihydropyridines is 1. The summed E-state index contributed by atoms with van der Waals surface area (Å²) in [5.74, 6) is -3.95. The van der Waals surface area contributed by atoms with Crippen LogP contribution in [0.2, 0.25) is 0 Å². The lowest BCUT2D eigenvalue weighted by Gasteiger charge is -2.30. The van der Waals surface area contributed by atoms with E-state index >= 15 is 4.39 Å². The van der Waals surface area contributed by atoms with Gasteiger partial charge in [-0.1, -0.05) is 42.5 Å². The Bertz CT molecular complexity index is 1230. The molecular formula is C26H28FN3O6. The molecule has 1 aliphatic rings. The van der Waals surface area contributed by atoms with Crippen molar-refractivity contribution in [2.24, 2.45) is 0 Å². The quantitative estimate of drug-likeness (QED) is 0.316. The Morgan fingerprint density at radius 1 is 1.06 bits per heavy atom. The van der Waals surface area contributed by atoms with E-state index in [1.807, 2.05) is 42.3 Å². The van der Waals surface area contributed by atoms with Gasteiger partial charge in [0.2, 0.25) is 5.82 Å². The highest BCUT2D eigenvalue weighted by Gasteiger charge is 2.40. The fourth-order valence-corrected chi connectivity index (χ4v) is 4.20. The number of rotatable bonds is 9. The highest BCUT2D eigenvalue weighted by atomic mass is 19.1. The first-order chi connectivity index (χ1) is 17.1. The van der Waals surface area contributed by atoms with E-state index < -0.39 is 34.3 Å². The average molecular weight is 498 g/mol. The molecule has 1 N–H and O–H groups in total. The molecule has 1 atom stereocenters. The van der Waals surface area contributed by atoms with Gasteiger partial charge in [-0.05, 0) is 26.5 Å². The van der Waals surface area contributed by atoms with Gasteiger partial charge in [0, 0.05) is 36.1 Å². The van der Waals surface area contributed by atoms with Crippen molar-refractivity contribution in [2.75, 3.05) is 27.3 Å². The lowest BCUT2D eigenvalue weighted by Crippen LogP contribution is -2.33. The van der Waals surface area contributed by atoms with Crippen molar-refractivity contribution in [3.8, 4) is 0 Å². The maximum Gasteiger partial charge on any atom is 0.336 e. The fraction of sp³-hybridized carbons (Fsp3) is 0.308. The number of esters is 2. The zero-order valence-electron chi connectivity index (χ0n) is 20.5. The van der Waals surface area contributed by atoms with Crippen LogP contribution in [0.1, 0.15) is 30.9 Å². The van der Waals surface area contributed by atoms with E-state index in [4.69, 9.17) is 9.47 Å². The van der Waals surface area contributed by atoms with Crippen LogP contribution in [-0.2, 0) is 25.6 Å². The van der Waals surface area contributed by atoms with Gasteiger partial charge in [0.15, 0.2) is 0 Å². The van der Waals surface area contributed by atoms with Crippen molar-refractivity contribution < 1.29 is 28.4 Å². The summed E-state index contributed by atoms with van der Waals surface area (Å²) in [6, 6.07) is 13.4. The maximum absolute atomic E-state index is 15.3. The van der Waals surface area contributed by atoms with Crippen LogP contribution >= 0.6 is 0 Å². The molecule has 1 heterocycles. The predicted molar refractivity (Wildman–Crippen MR) is 130 cm³/mol. The fourth-order valence-electron chi connectivity index (χ4n) is 4.20. The Morgan fingerprint density at radius 3 is 2.31 bits per heavy atom. The molecule has 2 aromatic carbocycles. The summed E-state index contributed by atoms with van der Waals surface area (Å²) in [5, 5.41) is 14.3. The molecule has 0 amide bonds. The van der Waals surface area contributed by atoms with E-state index in [1.165, 1.54) is 12.1 Å². The molecular weight excluding hydrogens is 469 g/mol. The third-order valence-corrected chi connectivity index (χ3v) is 5.90. The topological polar surface area (TPSA) is 111 Å². The molecule has 1 aliphatic heterocycles. The van der Waals surface area contributed by atoms with E-state index in [-0.39, 0.29) is 23.3 Å². The minimum absolute atomic E-state index is 0.0221. The molecule has 36 heavy (non-hydrogen) atoms. The Labute approximate surface area is 208 Å². The van der Waals surface area contributed by atoms with Gasteiger partial charge in [-0.25, -0.2) is 9.59 Å². The van der Waals surface area contributed by atoms with Crippen LogP contribution in [0.15, 0.2) is 71.1 Å². The number of carbonyl (C=O) groups excluding carboxylic acids is 2. The number of hydrogen-bond donors (Lipinski definition) is 1. The summed E-state index contributed by atoms with van der Waals surface area (Å²) in [4.78, 5) is 38.4. The molecule has 2 aromatic rings. The number of methoxy groups -OCH3 is 1. The first kappa shape index (κ1) is 26.6. The molecule has 0 spiro atoms. The largest absolute Gasteiger partial charge is 0.466 e. The molecule has 190 valence electrons. The van der Waals surface area contributed by atoms with E-state index in [2.05, 4.69) is 5.32 Å². The van der Waals surface area contributed by atoms with Crippen molar-refractivity contribution in [1.29, 1.82) is 0 Å². The number of nitrogens with one attached hydrogen (secondary N) is 1. The third-order valence-electron chi connectivity index (χ3n) is 5.90. The molecule has 0 saturated carbocycles. The van der Waals surface area contributed by atoms with Crippen LogP contribution in [0.5, 0.6) is 0 Å². The average Bonchev–Trinajstić information content (AvgIpc) is 2.83. The van der Waals surface area contributed by atoms with Gasteiger partial charge in [0.1, 0.15) is 6.61 Å². The minimum Gasteiger partial charge on any atom is -0.466 e. The number of likely N-dealkylation sites (N-methyl/N-ethyl adjacent to an activating group) is 1. The van der Waals surface area contributed by atoms with Crippen molar-refractivity contribution in [3.05, 3.63) is 98.1 Å². The number of benzene rings is 2. The van der Waals surface area contributed by atoms with Crippen LogP contribution in [0.4, 0.5) is 10.1 Å². The first-order valence-corrected chi connectivity index (χ1v) is 11.2. The zero-order valence-corrected chi connectivity index (χ0v) is 20.5. The van der Waals surface area contributed by atoms with E-state index in [9.17, 15) is 19.7 Å². The lowest BCUT2D eigenvalue weighted by molar-refractivity contribution is -0.387. The number of halogens is 1. The number of hydrogen-bond acceptors (Lipinski definition) is 8. The molecule has 0 fully saturated rings. The second-order valence-corrected chi connectivity index (χ2v) is 8.42. The maximum atomic E-state index is 15.3. The molecule has 1 unspecified atom stereocenters. The number of nitro groups is 1. The summed E-state index contributed by atoms with van der Waals surface area (Å²) in [5.41, 5.74) is 0.777. The summed E-state index contributed by atoms with van der Waals surface area (Å²) < 4.78 is 25.7. The molecule has 3 rings (SSSR count). The van der Waals surface area contributed by atoms with E-state index in [0.717, 1.165) is 18.7 Å². The number of ether oxygens (including phenoxy) is 2. The Morgan fingerprint density at radius 2 is 1.69 bits per heavy atom. The van der Waals surface area contributed by atoms with Gasteiger partial charge in [0.05, 0.1) is 29.1 Å². The smallest absolute Gasteiger partial charge is 0.336 e. The van der Waals surface area contributed by atoms with E-state index in [1.54, 1.807) is 13.8 Å². The normalized spacial score (nSPS) is 15.6. The lowest BCUT2D eigenvalue weighted by atomic mass is 9.80. The van der Waals surface area contributed by atoms with Gasteiger partial charge in [-0.3, -0.25) is 15.0 Å². The third kappa shape index (κ3) is 5.77. The predicted octanol–water partition coefficient (Wildman–Crippen LogP) is 3.82. The molecule has 0 aromatic heterocycles. The minimum atomic E-state index is -1.26. The summed E-state index contributed by atoms with van der Waals surface area (Å²) >= 11 is 0. The molecule has 9 nitrogen and oxygen atoms in total. The SMILES string of the molecule is COC(=O)C1=C(C)NC(C)=C(C(=O)OCCN(C)Cc2ccccc2)C1c1cccc([N+](=O)[O-])c1F. The first-order valence-electron chi connectivity index (χ1n) is 11.2. The number of nitrogens with zero attached hydrogens (tertiary/aromatic N) is 2. The van der Waals surface area contributed by atoms with Crippen molar-refractivity contribution in [3.63, 3.8) is 0 Å². The van der Waals surface area contributed by atoms with Gasteiger partial charge < -0.3 is 14.8 Å². The molecule has 0 aliphatic carbocycles. The molecule has 0 saturated heterocycles. The van der Waals surface area contributed by atoms with Crippen LogP contribution < -0.4 is 5.32 Å². The van der Waals surface area contributed by atoms with Crippen LogP contribution in [0.3, 0.4) is 0 Å². The van der Waals surface area contributed by atoms with Gasteiger partial charge in [0.25, 0.3) is 0 Å². The Balaban J connectivity index is 1.89. The standard InChI is InChI=1S/C26H28FN3O6/c1-16-21(25(31)35-4)23(19-11-8-12-20(24(19)27)30(33)34)22(17(2)28-16)26(32)36-14-13-29(3)15-18-9-6-5-7-10-18/h5-12,23,28H,13-15H2,1-4H3. The van der Waals surface area contributed by atoms with Gasteiger partial charge in [-0.15, -0.1) is 0 Å². The van der Waals surface area contributed by atoms with Crippen molar-refractivity contribution >= 4 is 17.6 Å². The second kappa shape index (κ2) is 11.6. The van der Waals surface area contributed by atoms with Crippen molar-refractivity contribution in [2.45, 2.75) is 26.3 Å². The van der Waals surface area contributed by atoms with Crippen LogP contribution in [0, 0.1) is 15.9 Å². The molecule has 10 heteroatoms.